The van der Waals surface area contributed by atoms with Crippen molar-refractivity contribution in [2.24, 2.45) is 5.73 Å². The molecular formula is C13H15N3O2. The van der Waals surface area contributed by atoms with Crippen LogP contribution < -0.4 is 11.1 Å². The van der Waals surface area contributed by atoms with Crippen molar-refractivity contribution in [1.82, 2.24) is 4.98 Å². The van der Waals surface area contributed by atoms with Crippen molar-refractivity contribution in [3.63, 3.8) is 0 Å². The first-order valence-electron chi connectivity index (χ1n) is 5.69. The number of benzene rings is 1. The molecule has 18 heavy (non-hydrogen) atoms. The summed E-state index contributed by atoms with van der Waals surface area (Å²) in [4.78, 5) is 15.4. The molecule has 0 radical (unpaired) electrons. The Kier molecular flexibility index (Phi) is 3.74. The Balaban J connectivity index is 2.02. The molecule has 94 valence electrons. The van der Waals surface area contributed by atoms with E-state index >= 15 is 0 Å². The van der Waals surface area contributed by atoms with Gasteiger partial charge in [0.25, 0.3) is 0 Å². The maximum atomic E-state index is 11.5. The van der Waals surface area contributed by atoms with Crippen LogP contribution in [0.1, 0.15) is 13.3 Å². The molecule has 1 amide bonds. The molecule has 3 N–H and O–H groups in total. The smallest absolute Gasteiger partial charge is 0.225 e. The lowest BCUT2D eigenvalue weighted by Crippen LogP contribution is -2.23. The molecule has 5 heteroatoms. The minimum absolute atomic E-state index is 0.0857. The second-order valence-electron chi connectivity index (χ2n) is 4.17. The van der Waals surface area contributed by atoms with Gasteiger partial charge in [0.2, 0.25) is 5.91 Å². The molecule has 0 aliphatic heterocycles. The van der Waals surface area contributed by atoms with E-state index in [1.165, 1.54) is 6.39 Å². The molecule has 1 atom stereocenters. The van der Waals surface area contributed by atoms with Gasteiger partial charge in [-0.05, 0) is 31.2 Å². The summed E-state index contributed by atoms with van der Waals surface area (Å²) in [5.41, 5.74) is 7.21. The summed E-state index contributed by atoms with van der Waals surface area (Å²) >= 11 is 0. The second-order valence-corrected chi connectivity index (χ2v) is 4.17. The lowest BCUT2D eigenvalue weighted by atomic mass is 10.1. The van der Waals surface area contributed by atoms with Crippen molar-refractivity contribution in [2.45, 2.75) is 19.4 Å². The molecule has 0 fully saturated rings. The lowest BCUT2D eigenvalue weighted by molar-refractivity contribution is -0.116. The molecule has 1 unspecified atom stereocenters. The van der Waals surface area contributed by atoms with Gasteiger partial charge < -0.3 is 15.5 Å². The quantitative estimate of drug-likeness (QED) is 0.863. The average Bonchev–Trinajstić information content (AvgIpc) is 2.82. The van der Waals surface area contributed by atoms with E-state index in [2.05, 4.69) is 10.3 Å². The Hall–Kier alpha value is -2.14. The number of carbonyl (C=O) groups is 1. The number of rotatable bonds is 4. The monoisotopic (exact) mass is 245 g/mol. The van der Waals surface area contributed by atoms with Crippen LogP contribution in [0.3, 0.4) is 0 Å². The summed E-state index contributed by atoms with van der Waals surface area (Å²) in [6.45, 7) is 1.80. The Morgan fingerprint density at radius 3 is 2.72 bits per heavy atom. The topological polar surface area (TPSA) is 81.2 Å². The maximum absolute atomic E-state index is 11.5. The van der Waals surface area contributed by atoms with E-state index in [4.69, 9.17) is 10.2 Å². The third-order valence-electron chi connectivity index (χ3n) is 2.39. The fraction of sp³-hybridized carbons (Fsp3) is 0.231. The summed E-state index contributed by atoms with van der Waals surface area (Å²) in [6, 6.07) is 7.22. The van der Waals surface area contributed by atoms with Crippen LogP contribution >= 0.6 is 0 Å². The molecule has 0 saturated heterocycles. The number of oxazole rings is 1. The SMILES string of the molecule is CC(N)CC(=O)Nc1ccc(-c2cnco2)cc1. The van der Waals surface area contributed by atoms with Gasteiger partial charge in [-0.1, -0.05) is 0 Å². The summed E-state index contributed by atoms with van der Waals surface area (Å²) in [6.07, 6.45) is 3.33. The summed E-state index contributed by atoms with van der Waals surface area (Å²) < 4.78 is 5.18. The van der Waals surface area contributed by atoms with Crippen molar-refractivity contribution >= 4 is 11.6 Å². The van der Waals surface area contributed by atoms with Crippen LogP contribution in [0.2, 0.25) is 0 Å². The fourth-order valence-electron chi connectivity index (χ4n) is 1.58. The molecule has 0 spiro atoms. The van der Waals surface area contributed by atoms with Gasteiger partial charge in [-0.25, -0.2) is 4.98 Å². The van der Waals surface area contributed by atoms with Gasteiger partial charge in [0.05, 0.1) is 6.20 Å². The third-order valence-corrected chi connectivity index (χ3v) is 2.39. The maximum Gasteiger partial charge on any atom is 0.225 e. The van der Waals surface area contributed by atoms with E-state index in [1.54, 1.807) is 13.1 Å². The van der Waals surface area contributed by atoms with Gasteiger partial charge >= 0.3 is 0 Å². The first-order valence-corrected chi connectivity index (χ1v) is 5.69. The first-order chi connectivity index (χ1) is 8.65. The molecule has 1 heterocycles. The van der Waals surface area contributed by atoms with Crippen LogP contribution in [0.15, 0.2) is 41.3 Å². The van der Waals surface area contributed by atoms with E-state index in [0.717, 1.165) is 11.3 Å². The van der Waals surface area contributed by atoms with Crippen LogP contribution in [0.5, 0.6) is 0 Å². The van der Waals surface area contributed by atoms with E-state index in [1.807, 2.05) is 24.3 Å². The summed E-state index contributed by atoms with van der Waals surface area (Å²) in [5, 5.41) is 2.78. The molecule has 2 aromatic rings. The van der Waals surface area contributed by atoms with Gasteiger partial charge in [-0.15, -0.1) is 0 Å². The van der Waals surface area contributed by atoms with Crippen LogP contribution in [-0.2, 0) is 4.79 Å². The average molecular weight is 245 g/mol. The summed E-state index contributed by atoms with van der Waals surface area (Å²) in [7, 11) is 0. The third kappa shape index (κ3) is 3.18. The first kappa shape index (κ1) is 12.3. The molecule has 5 nitrogen and oxygen atoms in total. The molecule has 0 aliphatic carbocycles. The normalized spacial score (nSPS) is 12.1. The summed E-state index contributed by atoms with van der Waals surface area (Å²) in [5.74, 6) is 0.612. The largest absolute Gasteiger partial charge is 0.444 e. The highest BCUT2D eigenvalue weighted by Gasteiger charge is 2.06. The molecule has 1 aromatic heterocycles. The van der Waals surface area contributed by atoms with Crippen molar-refractivity contribution in [1.29, 1.82) is 0 Å². The van der Waals surface area contributed by atoms with Gasteiger partial charge in [0.15, 0.2) is 12.2 Å². The van der Waals surface area contributed by atoms with E-state index in [-0.39, 0.29) is 11.9 Å². The number of nitrogens with two attached hydrogens (primary N) is 1. The van der Waals surface area contributed by atoms with Crippen LogP contribution in [-0.4, -0.2) is 16.9 Å². The van der Waals surface area contributed by atoms with Crippen molar-refractivity contribution in [2.75, 3.05) is 5.32 Å². The molecule has 2 rings (SSSR count). The van der Waals surface area contributed by atoms with Crippen LogP contribution in [0.4, 0.5) is 5.69 Å². The van der Waals surface area contributed by atoms with E-state index in [0.29, 0.717) is 12.2 Å². The molecule has 0 saturated carbocycles. The predicted molar refractivity (Wildman–Crippen MR) is 68.8 cm³/mol. The van der Waals surface area contributed by atoms with Crippen molar-refractivity contribution in [3.8, 4) is 11.3 Å². The van der Waals surface area contributed by atoms with E-state index < -0.39 is 0 Å². The van der Waals surface area contributed by atoms with Gasteiger partial charge in [0.1, 0.15) is 0 Å². The number of aromatic nitrogens is 1. The number of nitrogens with zero attached hydrogens (tertiary/aromatic N) is 1. The fourth-order valence-corrected chi connectivity index (χ4v) is 1.58. The lowest BCUT2D eigenvalue weighted by Gasteiger charge is -2.07. The van der Waals surface area contributed by atoms with Gasteiger partial charge in [0, 0.05) is 23.7 Å². The van der Waals surface area contributed by atoms with Crippen LogP contribution in [0.25, 0.3) is 11.3 Å². The highest BCUT2D eigenvalue weighted by atomic mass is 16.3. The zero-order chi connectivity index (χ0) is 13.0. The second kappa shape index (κ2) is 5.46. The number of carbonyl (C=O) groups excluding carboxylic acids is 1. The standard InChI is InChI=1S/C13H15N3O2/c1-9(14)6-13(17)16-11-4-2-10(3-5-11)12-7-15-8-18-12/h2-5,7-9H,6,14H2,1H3,(H,16,17). The molecule has 0 aliphatic rings. The highest BCUT2D eigenvalue weighted by Crippen LogP contribution is 2.20. The zero-order valence-corrected chi connectivity index (χ0v) is 10.1. The number of hydrogen-bond acceptors (Lipinski definition) is 4. The van der Waals surface area contributed by atoms with Crippen LogP contribution in [0, 0.1) is 0 Å². The zero-order valence-electron chi connectivity index (χ0n) is 10.1. The Bertz CT molecular complexity index is 504. The van der Waals surface area contributed by atoms with Gasteiger partial charge in [-0.3, -0.25) is 4.79 Å². The Morgan fingerprint density at radius 1 is 1.44 bits per heavy atom. The molecule has 0 bridgehead atoms. The predicted octanol–water partition coefficient (Wildman–Crippen LogP) is 2.02. The minimum Gasteiger partial charge on any atom is -0.444 e. The number of hydrogen-bond donors (Lipinski definition) is 2. The minimum atomic E-state index is -0.140. The van der Waals surface area contributed by atoms with Gasteiger partial charge in [-0.2, -0.15) is 0 Å². The highest BCUT2D eigenvalue weighted by molar-refractivity contribution is 5.91. The van der Waals surface area contributed by atoms with Crippen molar-refractivity contribution in [3.05, 3.63) is 36.9 Å². The molecular weight excluding hydrogens is 230 g/mol. The Labute approximate surface area is 105 Å². The molecule has 1 aromatic carbocycles. The number of nitrogens with one attached hydrogen (secondary N) is 1. The Morgan fingerprint density at radius 2 is 2.17 bits per heavy atom. The van der Waals surface area contributed by atoms with E-state index in [9.17, 15) is 4.79 Å². The number of anilines is 1. The van der Waals surface area contributed by atoms with Crippen molar-refractivity contribution < 1.29 is 9.21 Å². The number of amides is 1.